The van der Waals surface area contributed by atoms with Crippen LogP contribution in [0, 0.1) is 5.82 Å². The molecule has 1 aliphatic heterocycles. The minimum absolute atomic E-state index is 0.183. The fourth-order valence-electron chi connectivity index (χ4n) is 2.26. The lowest BCUT2D eigenvalue weighted by molar-refractivity contribution is 0.626. The Labute approximate surface area is 104 Å². The molecule has 0 amide bonds. The number of anilines is 1. The molecular formula is C14H11ClFN. The van der Waals surface area contributed by atoms with Crippen LogP contribution in [0.2, 0.25) is 5.02 Å². The summed E-state index contributed by atoms with van der Waals surface area (Å²) < 4.78 is 13.1. The molecule has 3 heteroatoms. The van der Waals surface area contributed by atoms with Crippen molar-refractivity contribution in [3.8, 4) is 0 Å². The van der Waals surface area contributed by atoms with E-state index in [1.54, 1.807) is 12.1 Å². The number of halogens is 2. The Kier molecular flexibility index (Phi) is 2.52. The van der Waals surface area contributed by atoms with E-state index in [4.69, 9.17) is 11.6 Å². The highest BCUT2D eigenvalue weighted by molar-refractivity contribution is 6.30. The van der Waals surface area contributed by atoms with Crippen molar-refractivity contribution in [3.05, 3.63) is 64.4 Å². The molecule has 2 aromatic carbocycles. The van der Waals surface area contributed by atoms with Crippen LogP contribution in [-0.4, -0.2) is 0 Å². The quantitative estimate of drug-likeness (QED) is 0.797. The van der Waals surface area contributed by atoms with Crippen molar-refractivity contribution >= 4 is 17.3 Å². The Hall–Kier alpha value is -1.54. The van der Waals surface area contributed by atoms with Crippen LogP contribution < -0.4 is 5.32 Å². The van der Waals surface area contributed by atoms with Gasteiger partial charge in [-0.2, -0.15) is 0 Å². The molecular weight excluding hydrogens is 237 g/mol. The highest BCUT2D eigenvalue weighted by Gasteiger charge is 2.22. The van der Waals surface area contributed by atoms with E-state index in [1.165, 1.54) is 6.07 Å². The van der Waals surface area contributed by atoms with E-state index in [1.807, 2.05) is 24.3 Å². The molecule has 1 nitrogen and oxygen atoms in total. The Morgan fingerprint density at radius 1 is 1.18 bits per heavy atom. The molecule has 1 unspecified atom stereocenters. The molecule has 0 aromatic heterocycles. The number of nitrogens with one attached hydrogen (secondary N) is 1. The van der Waals surface area contributed by atoms with Crippen LogP contribution in [0.25, 0.3) is 0 Å². The van der Waals surface area contributed by atoms with Gasteiger partial charge in [0.1, 0.15) is 5.82 Å². The second kappa shape index (κ2) is 4.04. The summed E-state index contributed by atoms with van der Waals surface area (Å²) in [5.41, 5.74) is 3.17. The minimum atomic E-state index is -0.183. The van der Waals surface area contributed by atoms with E-state index in [9.17, 15) is 4.39 Å². The third-order valence-corrected chi connectivity index (χ3v) is 3.31. The van der Waals surface area contributed by atoms with Crippen molar-refractivity contribution in [2.75, 3.05) is 5.32 Å². The van der Waals surface area contributed by atoms with E-state index in [-0.39, 0.29) is 11.9 Å². The average molecular weight is 248 g/mol. The average Bonchev–Trinajstić information content (AvgIpc) is 2.72. The molecule has 0 spiro atoms. The Balaban J connectivity index is 1.91. The summed E-state index contributed by atoms with van der Waals surface area (Å²) >= 11 is 5.97. The number of hydrogen-bond acceptors (Lipinski definition) is 1. The number of fused-ring (bicyclic) bond motifs is 1. The Morgan fingerprint density at radius 3 is 2.88 bits per heavy atom. The maximum absolute atomic E-state index is 13.1. The smallest absolute Gasteiger partial charge is 0.123 e. The van der Waals surface area contributed by atoms with Gasteiger partial charge < -0.3 is 5.32 Å². The lowest BCUT2D eigenvalue weighted by atomic mass is 10.0. The standard InChI is InChI=1S/C14H11ClFN/c15-11-3-1-2-9(6-11)14-8-10-7-12(16)4-5-13(10)17-14/h1-7,14,17H,8H2. The van der Waals surface area contributed by atoms with Crippen molar-refractivity contribution in [2.45, 2.75) is 12.5 Å². The molecule has 0 saturated carbocycles. The van der Waals surface area contributed by atoms with E-state index < -0.39 is 0 Å². The topological polar surface area (TPSA) is 12.0 Å². The zero-order chi connectivity index (χ0) is 11.8. The van der Waals surface area contributed by atoms with Crippen molar-refractivity contribution in [2.24, 2.45) is 0 Å². The van der Waals surface area contributed by atoms with Gasteiger partial charge in [0.15, 0.2) is 0 Å². The first kappa shape index (κ1) is 10.6. The summed E-state index contributed by atoms with van der Waals surface area (Å²) in [7, 11) is 0. The molecule has 0 fully saturated rings. The lowest BCUT2D eigenvalue weighted by Gasteiger charge is -2.11. The molecule has 0 radical (unpaired) electrons. The summed E-state index contributed by atoms with van der Waals surface area (Å²) in [6, 6.07) is 12.8. The van der Waals surface area contributed by atoms with Crippen LogP contribution in [0.5, 0.6) is 0 Å². The van der Waals surface area contributed by atoms with Gasteiger partial charge in [-0.05, 0) is 47.9 Å². The zero-order valence-corrected chi connectivity index (χ0v) is 9.84. The highest BCUT2D eigenvalue weighted by Crippen LogP contribution is 2.34. The van der Waals surface area contributed by atoms with Gasteiger partial charge in [0.25, 0.3) is 0 Å². The second-order valence-corrected chi connectivity index (χ2v) is 4.69. The predicted molar refractivity (Wildman–Crippen MR) is 67.9 cm³/mol. The maximum Gasteiger partial charge on any atom is 0.123 e. The van der Waals surface area contributed by atoms with Gasteiger partial charge in [0, 0.05) is 10.7 Å². The first-order valence-corrected chi connectivity index (χ1v) is 5.90. The zero-order valence-electron chi connectivity index (χ0n) is 9.08. The van der Waals surface area contributed by atoms with Crippen molar-refractivity contribution in [1.82, 2.24) is 0 Å². The fourth-order valence-corrected chi connectivity index (χ4v) is 2.45. The first-order chi connectivity index (χ1) is 8.22. The third-order valence-electron chi connectivity index (χ3n) is 3.07. The number of rotatable bonds is 1. The molecule has 1 aliphatic rings. The van der Waals surface area contributed by atoms with Crippen LogP contribution in [-0.2, 0) is 6.42 Å². The van der Waals surface area contributed by atoms with E-state index in [0.717, 1.165) is 28.3 Å². The molecule has 2 aromatic rings. The predicted octanol–water partition coefficient (Wildman–Crippen LogP) is 4.19. The van der Waals surface area contributed by atoms with Gasteiger partial charge in [-0.25, -0.2) is 4.39 Å². The summed E-state index contributed by atoms with van der Waals surface area (Å²) in [5.74, 6) is -0.183. The number of benzene rings is 2. The molecule has 1 heterocycles. The highest BCUT2D eigenvalue weighted by atomic mass is 35.5. The van der Waals surface area contributed by atoms with E-state index >= 15 is 0 Å². The summed E-state index contributed by atoms with van der Waals surface area (Å²) in [6.45, 7) is 0. The van der Waals surface area contributed by atoms with E-state index in [0.29, 0.717) is 0 Å². The fraction of sp³-hybridized carbons (Fsp3) is 0.143. The Bertz CT molecular complexity index is 568. The van der Waals surface area contributed by atoms with Crippen molar-refractivity contribution in [3.63, 3.8) is 0 Å². The van der Waals surface area contributed by atoms with Gasteiger partial charge in [0.2, 0.25) is 0 Å². The van der Waals surface area contributed by atoms with E-state index in [2.05, 4.69) is 5.32 Å². The molecule has 0 aliphatic carbocycles. The molecule has 1 N–H and O–H groups in total. The molecule has 0 bridgehead atoms. The van der Waals surface area contributed by atoms with Crippen LogP contribution in [0.4, 0.5) is 10.1 Å². The van der Waals surface area contributed by atoms with Gasteiger partial charge >= 0.3 is 0 Å². The molecule has 1 atom stereocenters. The van der Waals surface area contributed by atoms with Crippen LogP contribution in [0.1, 0.15) is 17.2 Å². The van der Waals surface area contributed by atoms with Crippen LogP contribution in [0.3, 0.4) is 0 Å². The molecule has 17 heavy (non-hydrogen) atoms. The first-order valence-electron chi connectivity index (χ1n) is 5.53. The molecule has 86 valence electrons. The minimum Gasteiger partial charge on any atom is -0.378 e. The largest absolute Gasteiger partial charge is 0.378 e. The molecule has 0 saturated heterocycles. The maximum atomic E-state index is 13.1. The SMILES string of the molecule is Fc1ccc2c(c1)CC(c1cccc(Cl)c1)N2. The van der Waals surface area contributed by atoms with Crippen LogP contribution in [0.15, 0.2) is 42.5 Å². The normalized spacial score (nSPS) is 17.6. The monoisotopic (exact) mass is 247 g/mol. The summed E-state index contributed by atoms with van der Waals surface area (Å²) in [4.78, 5) is 0. The van der Waals surface area contributed by atoms with Gasteiger partial charge in [-0.3, -0.25) is 0 Å². The second-order valence-electron chi connectivity index (χ2n) is 4.26. The summed E-state index contributed by atoms with van der Waals surface area (Å²) in [5, 5.41) is 4.11. The summed E-state index contributed by atoms with van der Waals surface area (Å²) in [6.07, 6.45) is 0.799. The lowest BCUT2D eigenvalue weighted by Crippen LogP contribution is -2.05. The van der Waals surface area contributed by atoms with Crippen molar-refractivity contribution < 1.29 is 4.39 Å². The van der Waals surface area contributed by atoms with Gasteiger partial charge in [-0.15, -0.1) is 0 Å². The number of hydrogen-bond donors (Lipinski definition) is 1. The van der Waals surface area contributed by atoms with Gasteiger partial charge in [0.05, 0.1) is 6.04 Å². The Morgan fingerprint density at radius 2 is 2.06 bits per heavy atom. The van der Waals surface area contributed by atoms with Crippen molar-refractivity contribution in [1.29, 1.82) is 0 Å². The third kappa shape index (κ3) is 2.01. The molecule has 3 rings (SSSR count). The van der Waals surface area contributed by atoms with Crippen LogP contribution >= 0.6 is 11.6 Å². The van der Waals surface area contributed by atoms with Gasteiger partial charge in [-0.1, -0.05) is 23.7 Å².